The second-order valence-corrected chi connectivity index (χ2v) is 5.79. The first-order chi connectivity index (χ1) is 10.7. The number of carbonyl (C=O) groups is 1. The Labute approximate surface area is 132 Å². The second kappa shape index (κ2) is 8.63. The molecule has 120 valence electrons. The third-order valence-corrected chi connectivity index (χ3v) is 4.04. The molecular formula is C17H26N4O. The van der Waals surface area contributed by atoms with Gasteiger partial charge in [0.2, 0.25) is 0 Å². The topological polar surface area (TPSA) is 58.1 Å². The van der Waals surface area contributed by atoms with Crippen molar-refractivity contribution in [2.45, 2.75) is 33.1 Å². The molecule has 0 spiro atoms. The molecular weight excluding hydrogens is 276 g/mol. The molecule has 1 aromatic heterocycles. The number of hydrogen-bond donors (Lipinski definition) is 1. The molecule has 1 N–H and O–H groups in total. The summed E-state index contributed by atoms with van der Waals surface area (Å²) in [5.41, 5.74) is 0.541. The van der Waals surface area contributed by atoms with Crippen LogP contribution in [0.2, 0.25) is 0 Å². The normalized spacial score (nSPS) is 19.5. The van der Waals surface area contributed by atoms with Gasteiger partial charge >= 0.3 is 0 Å². The third kappa shape index (κ3) is 4.91. The van der Waals surface area contributed by atoms with Crippen LogP contribution in [0.1, 0.15) is 42.9 Å². The number of nitrogens with one attached hydrogen (secondary N) is 1. The molecule has 0 aliphatic carbocycles. The molecule has 1 aliphatic heterocycles. The molecule has 22 heavy (non-hydrogen) atoms. The van der Waals surface area contributed by atoms with Gasteiger partial charge in [0.15, 0.2) is 0 Å². The number of piperidine rings is 1. The van der Waals surface area contributed by atoms with Gasteiger partial charge in [0.25, 0.3) is 5.91 Å². The lowest BCUT2D eigenvalue weighted by Gasteiger charge is -2.32. The highest BCUT2D eigenvalue weighted by Crippen LogP contribution is 2.15. The minimum absolute atomic E-state index is 0.0757. The van der Waals surface area contributed by atoms with Crippen molar-refractivity contribution >= 4 is 5.91 Å². The fourth-order valence-electron chi connectivity index (χ4n) is 2.73. The first-order valence-corrected chi connectivity index (χ1v) is 8.15. The van der Waals surface area contributed by atoms with Crippen LogP contribution >= 0.6 is 0 Å². The van der Waals surface area contributed by atoms with Gasteiger partial charge in [0.1, 0.15) is 5.82 Å². The van der Waals surface area contributed by atoms with E-state index in [-0.39, 0.29) is 5.91 Å². The lowest BCUT2D eigenvalue weighted by Crippen LogP contribution is -2.41. The van der Waals surface area contributed by atoms with Crippen molar-refractivity contribution in [1.82, 2.24) is 20.2 Å². The van der Waals surface area contributed by atoms with Crippen LogP contribution in [0.25, 0.3) is 0 Å². The van der Waals surface area contributed by atoms with E-state index < -0.39 is 0 Å². The van der Waals surface area contributed by atoms with E-state index in [1.54, 1.807) is 12.4 Å². The number of amides is 1. The molecule has 1 unspecified atom stereocenters. The largest absolute Gasteiger partial charge is 0.352 e. The molecule has 1 fully saturated rings. The Balaban J connectivity index is 1.79. The maximum atomic E-state index is 12.1. The zero-order chi connectivity index (χ0) is 15.8. The van der Waals surface area contributed by atoms with Crippen molar-refractivity contribution in [2.75, 3.05) is 26.2 Å². The lowest BCUT2D eigenvalue weighted by atomic mass is 9.98. The molecule has 1 amide bonds. The first kappa shape index (κ1) is 16.6. The maximum absolute atomic E-state index is 12.1. The predicted octanol–water partition coefficient (Wildman–Crippen LogP) is 2.06. The van der Waals surface area contributed by atoms with Crippen LogP contribution in [0, 0.1) is 5.92 Å². The molecule has 5 heteroatoms. The Morgan fingerprint density at radius 1 is 1.45 bits per heavy atom. The first-order valence-electron chi connectivity index (χ1n) is 8.15. The Hall–Kier alpha value is -1.75. The third-order valence-electron chi connectivity index (χ3n) is 4.04. The summed E-state index contributed by atoms with van der Waals surface area (Å²) in [6.07, 6.45) is 10.7. The van der Waals surface area contributed by atoms with Crippen molar-refractivity contribution in [2.24, 2.45) is 5.92 Å². The van der Waals surface area contributed by atoms with Crippen LogP contribution in [0.15, 0.2) is 24.5 Å². The fraction of sp³-hybridized carbons (Fsp3) is 0.588. The molecule has 1 atom stereocenters. The van der Waals surface area contributed by atoms with Crippen LogP contribution in [0.3, 0.4) is 0 Å². The summed E-state index contributed by atoms with van der Waals surface area (Å²) in [5, 5.41) is 3.02. The molecule has 1 saturated heterocycles. The van der Waals surface area contributed by atoms with Gasteiger partial charge in [0, 0.05) is 38.4 Å². The van der Waals surface area contributed by atoms with E-state index in [2.05, 4.69) is 32.3 Å². The number of likely N-dealkylation sites (tertiary alicyclic amines) is 1. The van der Waals surface area contributed by atoms with Gasteiger partial charge in [-0.3, -0.25) is 9.69 Å². The number of aromatic nitrogens is 2. The standard InChI is InChI=1S/C17H26N4O/c1-3-5-8-21-9-6-7-14(13-21)10-20-17(22)15-11-18-16(4-2)19-12-15/h3,5,11-12,14H,4,6-10,13H2,1-2H3,(H,20,22). The molecule has 0 radical (unpaired) electrons. The molecule has 0 aromatic carbocycles. The summed E-state index contributed by atoms with van der Waals surface area (Å²) < 4.78 is 0. The van der Waals surface area contributed by atoms with Crippen molar-refractivity contribution in [1.29, 1.82) is 0 Å². The summed E-state index contributed by atoms with van der Waals surface area (Å²) in [6, 6.07) is 0. The second-order valence-electron chi connectivity index (χ2n) is 5.79. The van der Waals surface area contributed by atoms with Gasteiger partial charge in [0.05, 0.1) is 5.56 Å². The molecule has 5 nitrogen and oxygen atoms in total. The van der Waals surface area contributed by atoms with Crippen molar-refractivity contribution in [3.8, 4) is 0 Å². The molecule has 1 aromatic rings. The number of allylic oxidation sites excluding steroid dienone is 1. The van der Waals surface area contributed by atoms with E-state index in [0.29, 0.717) is 11.5 Å². The van der Waals surface area contributed by atoms with E-state index in [9.17, 15) is 4.79 Å². The van der Waals surface area contributed by atoms with E-state index >= 15 is 0 Å². The average Bonchev–Trinajstić information content (AvgIpc) is 2.58. The zero-order valence-electron chi connectivity index (χ0n) is 13.6. The lowest BCUT2D eigenvalue weighted by molar-refractivity contribution is 0.0934. The van der Waals surface area contributed by atoms with Gasteiger partial charge in [-0.2, -0.15) is 0 Å². The van der Waals surface area contributed by atoms with Crippen LogP contribution < -0.4 is 5.32 Å². The zero-order valence-corrected chi connectivity index (χ0v) is 13.6. The molecule has 2 heterocycles. The van der Waals surface area contributed by atoms with Gasteiger partial charge in [-0.15, -0.1) is 0 Å². The number of rotatable bonds is 6. The minimum atomic E-state index is -0.0757. The highest BCUT2D eigenvalue weighted by Gasteiger charge is 2.19. The highest BCUT2D eigenvalue weighted by molar-refractivity contribution is 5.93. The Morgan fingerprint density at radius 3 is 2.91 bits per heavy atom. The van der Waals surface area contributed by atoms with Gasteiger partial charge in [-0.25, -0.2) is 9.97 Å². The fourth-order valence-corrected chi connectivity index (χ4v) is 2.73. The van der Waals surface area contributed by atoms with Gasteiger partial charge in [-0.1, -0.05) is 19.1 Å². The smallest absolute Gasteiger partial charge is 0.254 e. The summed E-state index contributed by atoms with van der Waals surface area (Å²) in [7, 11) is 0. The van der Waals surface area contributed by atoms with Crippen molar-refractivity contribution in [3.63, 3.8) is 0 Å². The maximum Gasteiger partial charge on any atom is 0.254 e. The van der Waals surface area contributed by atoms with E-state index in [1.807, 2.05) is 13.8 Å². The molecule has 2 rings (SSSR count). The van der Waals surface area contributed by atoms with Crippen LogP contribution in [-0.4, -0.2) is 47.0 Å². The quantitative estimate of drug-likeness (QED) is 0.817. The number of aryl methyl sites for hydroxylation is 1. The van der Waals surface area contributed by atoms with Crippen molar-refractivity contribution < 1.29 is 4.79 Å². The summed E-state index contributed by atoms with van der Waals surface area (Å²) >= 11 is 0. The SMILES string of the molecule is CC=CCN1CCCC(CNC(=O)c2cnc(CC)nc2)C1. The Bertz CT molecular complexity index is 498. The number of carbonyl (C=O) groups excluding carboxylic acids is 1. The summed E-state index contributed by atoms with van der Waals surface area (Å²) in [5.74, 6) is 1.22. The van der Waals surface area contributed by atoms with Crippen molar-refractivity contribution in [3.05, 3.63) is 35.9 Å². The highest BCUT2D eigenvalue weighted by atomic mass is 16.1. The number of nitrogens with zero attached hydrogens (tertiary/aromatic N) is 3. The van der Waals surface area contributed by atoms with Gasteiger partial charge < -0.3 is 5.32 Å². The Kier molecular flexibility index (Phi) is 6.52. The summed E-state index contributed by atoms with van der Waals surface area (Å²) in [4.78, 5) is 22.9. The molecule has 1 aliphatic rings. The average molecular weight is 302 g/mol. The van der Waals surface area contributed by atoms with Crippen LogP contribution in [0.4, 0.5) is 0 Å². The van der Waals surface area contributed by atoms with Crippen LogP contribution in [0.5, 0.6) is 0 Å². The van der Waals surface area contributed by atoms with Gasteiger partial charge in [-0.05, 0) is 32.2 Å². The monoisotopic (exact) mass is 302 g/mol. The minimum Gasteiger partial charge on any atom is -0.352 e. The van der Waals surface area contributed by atoms with E-state index in [0.717, 1.165) is 38.4 Å². The number of hydrogen-bond acceptors (Lipinski definition) is 4. The van der Waals surface area contributed by atoms with Crippen LogP contribution in [-0.2, 0) is 6.42 Å². The molecule has 0 saturated carbocycles. The molecule has 0 bridgehead atoms. The predicted molar refractivity (Wildman–Crippen MR) is 87.7 cm³/mol. The Morgan fingerprint density at radius 2 is 2.23 bits per heavy atom. The summed E-state index contributed by atoms with van der Waals surface area (Å²) in [6.45, 7) is 7.98. The van der Waals surface area contributed by atoms with E-state index in [4.69, 9.17) is 0 Å². The van der Waals surface area contributed by atoms with E-state index in [1.165, 1.54) is 12.8 Å².